The van der Waals surface area contributed by atoms with Crippen LogP contribution < -0.4 is 5.73 Å². The molecule has 0 saturated heterocycles. The number of benzene rings is 1. The SMILES string of the molecule is CC1(S(=O)(=O)O)C=C(O)c2ccc(N)cc2C1. The summed E-state index contributed by atoms with van der Waals surface area (Å²) in [5.41, 5.74) is 7.24. The summed E-state index contributed by atoms with van der Waals surface area (Å²) in [6.07, 6.45) is 1.23. The molecule has 0 spiro atoms. The van der Waals surface area contributed by atoms with E-state index in [1.165, 1.54) is 6.92 Å². The Morgan fingerprint density at radius 3 is 2.65 bits per heavy atom. The molecule has 1 unspecified atom stereocenters. The molecule has 17 heavy (non-hydrogen) atoms. The highest BCUT2D eigenvalue weighted by atomic mass is 32.2. The maximum absolute atomic E-state index is 11.3. The van der Waals surface area contributed by atoms with Crippen LogP contribution in [0.5, 0.6) is 0 Å². The van der Waals surface area contributed by atoms with Gasteiger partial charge in [-0.2, -0.15) is 8.42 Å². The zero-order chi connectivity index (χ0) is 12.8. The molecule has 0 heterocycles. The third kappa shape index (κ3) is 1.89. The molecule has 6 heteroatoms. The van der Waals surface area contributed by atoms with Crippen LogP contribution in [0.15, 0.2) is 24.3 Å². The lowest BCUT2D eigenvalue weighted by atomic mass is 9.88. The first-order chi connectivity index (χ1) is 7.73. The molecule has 1 aromatic carbocycles. The number of nitrogen functional groups attached to an aromatic ring is 1. The van der Waals surface area contributed by atoms with Crippen molar-refractivity contribution in [2.45, 2.75) is 18.1 Å². The van der Waals surface area contributed by atoms with E-state index in [0.29, 0.717) is 16.8 Å². The Labute approximate surface area is 99.3 Å². The van der Waals surface area contributed by atoms with Gasteiger partial charge in [0.1, 0.15) is 10.5 Å². The molecular weight excluding hydrogens is 242 g/mol. The summed E-state index contributed by atoms with van der Waals surface area (Å²) in [4.78, 5) is 0. The maximum atomic E-state index is 11.3. The lowest BCUT2D eigenvalue weighted by Crippen LogP contribution is -2.37. The van der Waals surface area contributed by atoms with Crippen molar-refractivity contribution in [3.8, 4) is 0 Å². The molecule has 4 N–H and O–H groups in total. The number of rotatable bonds is 1. The lowest BCUT2D eigenvalue weighted by Gasteiger charge is -2.28. The monoisotopic (exact) mass is 255 g/mol. The molecular formula is C11H13NO4S. The van der Waals surface area contributed by atoms with Crippen molar-refractivity contribution in [1.29, 1.82) is 0 Å². The van der Waals surface area contributed by atoms with Crippen molar-refractivity contribution >= 4 is 21.6 Å². The van der Waals surface area contributed by atoms with Crippen LogP contribution in [0, 0.1) is 0 Å². The first kappa shape index (κ1) is 11.9. The Bertz CT molecular complexity index is 606. The predicted molar refractivity (Wildman–Crippen MR) is 65.1 cm³/mol. The number of aliphatic hydroxyl groups excluding tert-OH is 1. The summed E-state index contributed by atoms with van der Waals surface area (Å²) in [7, 11) is -4.29. The molecule has 5 nitrogen and oxygen atoms in total. The fourth-order valence-electron chi connectivity index (χ4n) is 1.97. The van der Waals surface area contributed by atoms with E-state index in [1.54, 1.807) is 18.2 Å². The molecule has 1 atom stereocenters. The highest BCUT2D eigenvalue weighted by Gasteiger charge is 2.40. The van der Waals surface area contributed by atoms with E-state index in [0.717, 1.165) is 6.08 Å². The van der Waals surface area contributed by atoms with Crippen molar-refractivity contribution in [1.82, 2.24) is 0 Å². The van der Waals surface area contributed by atoms with Gasteiger partial charge in [0.15, 0.2) is 0 Å². The van der Waals surface area contributed by atoms with Gasteiger partial charge in [-0.1, -0.05) is 0 Å². The highest BCUT2D eigenvalue weighted by Crippen LogP contribution is 2.35. The maximum Gasteiger partial charge on any atom is 0.274 e. The summed E-state index contributed by atoms with van der Waals surface area (Å²) in [5.74, 6) is -0.161. The Morgan fingerprint density at radius 1 is 1.41 bits per heavy atom. The van der Waals surface area contributed by atoms with Gasteiger partial charge in [0, 0.05) is 11.3 Å². The second-order valence-electron chi connectivity index (χ2n) is 4.41. The molecule has 0 saturated carbocycles. The molecule has 0 aromatic heterocycles. The van der Waals surface area contributed by atoms with E-state index in [1.807, 2.05) is 0 Å². The van der Waals surface area contributed by atoms with Gasteiger partial charge in [-0.05, 0) is 43.2 Å². The number of nitrogens with two attached hydrogens (primary N) is 1. The van der Waals surface area contributed by atoms with Crippen LogP contribution in [0.3, 0.4) is 0 Å². The summed E-state index contributed by atoms with van der Waals surface area (Å²) in [6.45, 7) is 1.35. The molecule has 2 rings (SSSR count). The minimum absolute atomic E-state index is 0.0796. The molecule has 0 amide bonds. The van der Waals surface area contributed by atoms with Crippen molar-refractivity contribution < 1.29 is 18.1 Å². The van der Waals surface area contributed by atoms with Gasteiger partial charge in [-0.15, -0.1) is 0 Å². The van der Waals surface area contributed by atoms with Gasteiger partial charge >= 0.3 is 0 Å². The number of anilines is 1. The normalized spacial score (nSPS) is 24.0. The van der Waals surface area contributed by atoms with Crippen LogP contribution in [0.25, 0.3) is 5.76 Å². The largest absolute Gasteiger partial charge is 0.508 e. The smallest absolute Gasteiger partial charge is 0.274 e. The first-order valence-electron chi connectivity index (χ1n) is 5.00. The van der Waals surface area contributed by atoms with Gasteiger partial charge in [0.25, 0.3) is 10.1 Å². The Hall–Kier alpha value is -1.53. The second-order valence-corrected chi connectivity index (χ2v) is 6.29. The number of hydrogen-bond acceptors (Lipinski definition) is 4. The van der Waals surface area contributed by atoms with E-state index in [2.05, 4.69) is 0 Å². The number of fused-ring (bicyclic) bond motifs is 1. The standard InChI is InChI=1S/C11H13NO4S/c1-11(17(14,15)16)5-7-4-8(12)2-3-9(7)10(13)6-11/h2-4,6,13H,5,12H2,1H3,(H,14,15,16). The molecule has 0 fully saturated rings. The summed E-state index contributed by atoms with van der Waals surface area (Å²) in [6, 6.07) is 4.85. The quantitative estimate of drug-likeness (QED) is 0.519. The Kier molecular flexibility index (Phi) is 2.44. The van der Waals surface area contributed by atoms with Gasteiger partial charge in [-0.25, -0.2) is 0 Å². The minimum Gasteiger partial charge on any atom is -0.508 e. The fourth-order valence-corrected chi connectivity index (χ4v) is 2.57. The van der Waals surface area contributed by atoms with E-state index < -0.39 is 14.9 Å². The zero-order valence-electron chi connectivity index (χ0n) is 9.21. The number of aliphatic hydroxyl groups is 1. The minimum atomic E-state index is -4.29. The van der Waals surface area contributed by atoms with Crippen molar-refractivity contribution in [2.75, 3.05) is 5.73 Å². The van der Waals surface area contributed by atoms with Crippen LogP contribution in [0.1, 0.15) is 18.1 Å². The van der Waals surface area contributed by atoms with Gasteiger partial charge in [0.2, 0.25) is 0 Å². The predicted octanol–water partition coefficient (Wildman–Crippen LogP) is 1.37. The van der Waals surface area contributed by atoms with Crippen LogP contribution in [0.2, 0.25) is 0 Å². The molecule has 1 aliphatic rings. The van der Waals surface area contributed by atoms with E-state index in [-0.39, 0.29) is 12.2 Å². The summed E-state index contributed by atoms with van der Waals surface area (Å²) < 4.78 is 30.3. The second kappa shape index (κ2) is 3.48. The average Bonchev–Trinajstić information content (AvgIpc) is 2.14. The zero-order valence-corrected chi connectivity index (χ0v) is 10.0. The highest BCUT2D eigenvalue weighted by molar-refractivity contribution is 7.87. The number of hydrogen-bond donors (Lipinski definition) is 3. The average molecular weight is 255 g/mol. The topological polar surface area (TPSA) is 101 Å². The van der Waals surface area contributed by atoms with Gasteiger partial charge in [-0.3, -0.25) is 4.55 Å². The van der Waals surface area contributed by atoms with Crippen LogP contribution in [-0.4, -0.2) is 22.8 Å². The third-order valence-electron chi connectivity index (χ3n) is 2.98. The molecule has 0 aliphatic heterocycles. The molecule has 92 valence electrons. The van der Waals surface area contributed by atoms with Crippen LogP contribution >= 0.6 is 0 Å². The molecule has 0 radical (unpaired) electrons. The van der Waals surface area contributed by atoms with Crippen LogP contribution in [-0.2, 0) is 16.5 Å². The van der Waals surface area contributed by atoms with Crippen molar-refractivity contribution in [3.63, 3.8) is 0 Å². The third-order valence-corrected chi connectivity index (χ3v) is 4.42. The molecule has 0 bridgehead atoms. The van der Waals surface area contributed by atoms with Crippen molar-refractivity contribution in [3.05, 3.63) is 35.4 Å². The Morgan fingerprint density at radius 2 is 2.06 bits per heavy atom. The van der Waals surface area contributed by atoms with E-state index in [9.17, 15) is 18.1 Å². The summed E-state index contributed by atoms with van der Waals surface area (Å²) in [5, 5.41) is 9.80. The van der Waals surface area contributed by atoms with Crippen LogP contribution in [0.4, 0.5) is 5.69 Å². The van der Waals surface area contributed by atoms with E-state index in [4.69, 9.17) is 5.73 Å². The molecule has 1 aliphatic carbocycles. The van der Waals surface area contributed by atoms with E-state index >= 15 is 0 Å². The fraction of sp³-hybridized carbons (Fsp3) is 0.273. The van der Waals surface area contributed by atoms with Gasteiger partial charge in [0.05, 0.1) is 0 Å². The van der Waals surface area contributed by atoms with Crippen molar-refractivity contribution in [2.24, 2.45) is 0 Å². The first-order valence-corrected chi connectivity index (χ1v) is 6.44. The lowest BCUT2D eigenvalue weighted by molar-refractivity contribution is 0.442. The summed E-state index contributed by atoms with van der Waals surface area (Å²) >= 11 is 0. The van der Waals surface area contributed by atoms with Gasteiger partial charge < -0.3 is 10.8 Å². The Balaban J connectivity index is 2.62. The molecule has 1 aromatic rings.